The highest BCUT2D eigenvalue weighted by Crippen LogP contribution is 2.42. The highest BCUT2D eigenvalue weighted by Gasteiger charge is 2.40. The van der Waals surface area contributed by atoms with Crippen LogP contribution in [-0.4, -0.2) is 30.6 Å². The number of hydrogen-bond acceptors (Lipinski definition) is 5. The predicted molar refractivity (Wildman–Crippen MR) is 111 cm³/mol. The summed E-state index contributed by atoms with van der Waals surface area (Å²) >= 11 is 6.29. The van der Waals surface area contributed by atoms with Crippen molar-refractivity contribution < 1.29 is 14.3 Å². The molecule has 0 bridgehead atoms. The number of nitrogens with one attached hydrogen (secondary N) is 1. The van der Waals surface area contributed by atoms with Crippen LogP contribution in [0.4, 0.5) is 0 Å². The van der Waals surface area contributed by atoms with Gasteiger partial charge in [-0.3, -0.25) is 0 Å². The molecule has 0 fully saturated rings. The van der Waals surface area contributed by atoms with Gasteiger partial charge in [0.15, 0.2) is 0 Å². The molecule has 0 spiro atoms. The number of dihydropyridines is 1. The fourth-order valence-corrected chi connectivity index (χ4v) is 3.85. The molecule has 2 heterocycles. The van der Waals surface area contributed by atoms with Gasteiger partial charge >= 0.3 is 5.97 Å². The first-order valence-electron chi connectivity index (χ1n) is 9.63. The number of esters is 1. The summed E-state index contributed by atoms with van der Waals surface area (Å²) in [5.41, 5.74) is 3.82. The molecule has 6 heteroatoms. The number of nitrogens with zero attached hydrogens (tertiary/aromatic N) is 1. The van der Waals surface area contributed by atoms with Crippen LogP contribution >= 0.6 is 11.6 Å². The van der Waals surface area contributed by atoms with E-state index in [1.165, 1.54) is 0 Å². The lowest BCUT2D eigenvalue weighted by molar-refractivity contribution is -0.138. The summed E-state index contributed by atoms with van der Waals surface area (Å²) in [5, 5.41) is 4.00. The van der Waals surface area contributed by atoms with E-state index >= 15 is 0 Å². The summed E-state index contributed by atoms with van der Waals surface area (Å²) in [5.74, 6) is -0.127. The minimum Gasteiger partial charge on any atom is -0.475 e. The van der Waals surface area contributed by atoms with Crippen LogP contribution < -0.4 is 5.32 Å². The van der Waals surface area contributed by atoms with Crippen molar-refractivity contribution in [1.82, 2.24) is 5.32 Å². The molecule has 2 aliphatic rings. The van der Waals surface area contributed by atoms with Gasteiger partial charge in [0.2, 0.25) is 5.90 Å². The Morgan fingerprint density at radius 3 is 2.71 bits per heavy atom. The zero-order valence-electron chi connectivity index (χ0n) is 17.1. The molecular formula is C22H27ClN2O3. The third-order valence-electron chi connectivity index (χ3n) is 4.87. The number of benzene rings is 1. The first-order valence-corrected chi connectivity index (χ1v) is 10.0. The van der Waals surface area contributed by atoms with Crippen molar-refractivity contribution in [2.24, 2.45) is 4.99 Å². The topological polar surface area (TPSA) is 59.9 Å². The molecule has 1 atom stereocenters. The van der Waals surface area contributed by atoms with E-state index in [9.17, 15) is 4.79 Å². The van der Waals surface area contributed by atoms with Crippen LogP contribution in [0.2, 0.25) is 5.02 Å². The zero-order chi connectivity index (χ0) is 20.5. The number of carbonyl (C=O) groups excluding carboxylic acids is 1. The maximum Gasteiger partial charge on any atom is 0.336 e. The van der Waals surface area contributed by atoms with Crippen LogP contribution in [-0.2, 0) is 14.3 Å². The first kappa shape index (κ1) is 20.5. The van der Waals surface area contributed by atoms with Crippen LogP contribution in [0.3, 0.4) is 0 Å². The van der Waals surface area contributed by atoms with Crippen LogP contribution in [0.1, 0.15) is 52.5 Å². The van der Waals surface area contributed by atoms with Gasteiger partial charge in [0, 0.05) is 27.9 Å². The fourth-order valence-electron chi connectivity index (χ4n) is 3.65. The standard InChI is InChI=1S/C22H27ClN2O3/c1-6-16-19(20-25-22(4,5)12-28-20)18(14-9-8-10-15(23)11-14)17(13(3)24-16)21(26)27-7-2/h8-11,18,24H,6-7,12H2,1-5H3. The molecule has 0 amide bonds. The van der Waals surface area contributed by atoms with Crippen LogP contribution in [0.5, 0.6) is 0 Å². The maximum absolute atomic E-state index is 12.9. The first-order chi connectivity index (χ1) is 13.3. The van der Waals surface area contributed by atoms with E-state index in [-0.39, 0.29) is 17.4 Å². The maximum atomic E-state index is 12.9. The average molecular weight is 403 g/mol. The van der Waals surface area contributed by atoms with E-state index in [2.05, 4.69) is 12.2 Å². The van der Waals surface area contributed by atoms with Crippen molar-refractivity contribution >= 4 is 23.5 Å². The number of hydrogen-bond donors (Lipinski definition) is 1. The van der Waals surface area contributed by atoms with Crippen molar-refractivity contribution in [2.75, 3.05) is 13.2 Å². The van der Waals surface area contributed by atoms with E-state index < -0.39 is 0 Å². The van der Waals surface area contributed by atoms with Crippen molar-refractivity contribution in [2.45, 2.75) is 52.5 Å². The summed E-state index contributed by atoms with van der Waals surface area (Å²) in [6, 6.07) is 7.58. The number of ether oxygens (including phenoxy) is 2. The number of aliphatic imine (C=N–C) groups is 1. The monoisotopic (exact) mass is 402 g/mol. The molecule has 1 N–H and O–H groups in total. The largest absolute Gasteiger partial charge is 0.475 e. The highest BCUT2D eigenvalue weighted by molar-refractivity contribution is 6.30. The van der Waals surface area contributed by atoms with Gasteiger partial charge in [-0.15, -0.1) is 0 Å². The van der Waals surface area contributed by atoms with Gasteiger partial charge in [0.1, 0.15) is 6.61 Å². The van der Waals surface area contributed by atoms with Crippen LogP contribution in [0.25, 0.3) is 0 Å². The quantitative estimate of drug-likeness (QED) is 0.723. The van der Waals surface area contributed by atoms with Crippen LogP contribution in [0, 0.1) is 0 Å². The Kier molecular flexibility index (Phi) is 5.84. The molecule has 5 nitrogen and oxygen atoms in total. The Balaban J connectivity index is 2.22. The van der Waals surface area contributed by atoms with Crippen molar-refractivity contribution in [3.63, 3.8) is 0 Å². The van der Waals surface area contributed by atoms with Gasteiger partial charge in [-0.25, -0.2) is 9.79 Å². The summed E-state index contributed by atoms with van der Waals surface area (Å²) < 4.78 is 11.4. The fraction of sp³-hybridized carbons (Fsp3) is 0.455. The number of halogens is 1. The smallest absolute Gasteiger partial charge is 0.336 e. The third-order valence-corrected chi connectivity index (χ3v) is 5.11. The van der Waals surface area contributed by atoms with Gasteiger partial charge in [-0.2, -0.15) is 0 Å². The molecule has 0 saturated heterocycles. The minimum atomic E-state index is -0.360. The summed E-state index contributed by atoms with van der Waals surface area (Å²) in [7, 11) is 0. The van der Waals surface area contributed by atoms with Gasteiger partial charge in [-0.05, 0) is 51.8 Å². The number of carbonyl (C=O) groups is 1. The Morgan fingerprint density at radius 2 is 2.14 bits per heavy atom. The lowest BCUT2D eigenvalue weighted by atomic mass is 9.79. The molecule has 150 valence electrons. The van der Waals surface area contributed by atoms with Crippen molar-refractivity contribution in [3.05, 3.63) is 57.4 Å². The van der Waals surface area contributed by atoms with Gasteiger partial charge < -0.3 is 14.8 Å². The minimum absolute atomic E-state index is 0.305. The molecule has 0 aliphatic carbocycles. The normalized spacial score (nSPS) is 21.2. The van der Waals surface area contributed by atoms with E-state index in [4.69, 9.17) is 26.1 Å². The highest BCUT2D eigenvalue weighted by atomic mass is 35.5. The molecular weight excluding hydrogens is 376 g/mol. The van der Waals surface area contributed by atoms with E-state index in [0.717, 1.165) is 29.0 Å². The molecule has 1 aromatic carbocycles. The second-order valence-corrected chi connectivity index (χ2v) is 8.07. The van der Waals surface area contributed by atoms with Crippen LogP contribution in [0.15, 0.2) is 51.8 Å². The molecule has 1 aromatic rings. The van der Waals surface area contributed by atoms with E-state index in [1.54, 1.807) is 6.92 Å². The number of allylic oxidation sites excluding steroid dienone is 2. The Morgan fingerprint density at radius 1 is 1.39 bits per heavy atom. The van der Waals surface area contributed by atoms with Crippen molar-refractivity contribution in [3.8, 4) is 0 Å². The molecule has 1 unspecified atom stereocenters. The SMILES string of the molecule is CCOC(=O)C1=C(C)NC(CC)=C(C2=NC(C)(C)CO2)C1c1cccc(Cl)c1. The summed E-state index contributed by atoms with van der Waals surface area (Å²) in [4.78, 5) is 17.7. The van der Waals surface area contributed by atoms with Gasteiger partial charge in [-0.1, -0.05) is 30.7 Å². The number of rotatable bonds is 5. The third kappa shape index (κ3) is 3.95. The van der Waals surface area contributed by atoms with Gasteiger partial charge in [0.05, 0.1) is 17.7 Å². The molecule has 0 saturated carbocycles. The second-order valence-electron chi connectivity index (χ2n) is 7.64. The lowest BCUT2D eigenvalue weighted by Gasteiger charge is -2.32. The summed E-state index contributed by atoms with van der Waals surface area (Å²) in [6.07, 6.45) is 0.753. The predicted octanol–water partition coefficient (Wildman–Crippen LogP) is 4.74. The molecule has 0 radical (unpaired) electrons. The Hall–Kier alpha value is -2.27. The molecule has 3 rings (SSSR count). The summed E-state index contributed by atoms with van der Waals surface area (Å²) in [6.45, 7) is 10.6. The molecule has 2 aliphatic heterocycles. The zero-order valence-corrected chi connectivity index (χ0v) is 17.8. The molecule has 28 heavy (non-hydrogen) atoms. The van der Waals surface area contributed by atoms with E-state index in [1.807, 2.05) is 45.0 Å². The second kappa shape index (κ2) is 8.00. The Bertz CT molecular complexity index is 884. The average Bonchev–Trinajstić information content (AvgIpc) is 3.00. The Labute approximate surface area is 171 Å². The van der Waals surface area contributed by atoms with Crippen molar-refractivity contribution in [1.29, 1.82) is 0 Å². The lowest BCUT2D eigenvalue weighted by Crippen LogP contribution is -2.32. The van der Waals surface area contributed by atoms with E-state index in [0.29, 0.717) is 29.7 Å². The van der Waals surface area contributed by atoms with Gasteiger partial charge in [0.25, 0.3) is 0 Å². The molecule has 0 aromatic heterocycles.